The molecule has 2 atom stereocenters. The zero-order chi connectivity index (χ0) is 14.8. The van der Waals surface area contributed by atoms with Gasteiger partial charge in [0, 0.05) is 50.0 Å². The summed E-state index contributed by atoms with van der Waals surface area (Å²) in [5.74, 6) is 0.984. The van der Waals surface area contributed by atoms with Crippen LogP contribution in [0.25, 0.3) is 0 Å². The Labute approximate surface area is 132 Å². The minimum absolute atomic E-state index is 0.562. The molecule has 2 fully saturated rings. The molecule has 2 saturated heterocycles. The van der Waals surface area contributed by atoms with E-state index in [0.717, 1.165) is 24.0 Å². The molecular weight excluding hydrogens is 286 g/mol. The van der Waals surface area contributed by atoms with Crippen molar-refractivity contribution in [3.8, 4) is 0 Å². The van der Waals surface area contributed by atoms with Crippen molar-refractivity contribution in [1.82, 2.24) is 9.88 Å². The van der Waals surface area contributed by atoms with Crippen LogP contribution in [0.15, 0.2) is 18.3 Å². The van der Waals surface area contributed by atoms with Crippen molar-refractivity contribution in [3.63, 3.8) is 0 Å². The van der Waals surface area contributed by atoms with Crippen molar-refractivity contribution < 1.29 is 4.74 Å². The minimum Gasteiger partial charge on any atom is -0.383 e. The lowest BCUT2D eigenvalue weighted by molar-refractivity contribution is 0.0830. The van der Waals surface area contributed by atoms with Crippen molar-refractivity contribution in [2.75, 3.05) is 32.2 Å². The first-order valence-electron chi connectivity index (χ1n) is 7.78. The third-order valence-corrected chi connectivity index (χ3v) is 5.26. The Kier molecular flexibility index (Phi) is 4.67. The first-order valence-corrected chi connectivity index (χ1v) is 8.16. The van der Waals surface area contributed by atoms with Crippen LogP contribution in [-0.2, 0) is 4.74 Å². The quantitative estimate of drug-likeness (QED) is 0.836. The number of ether oxygens (including phenoxy) is 1. The Balaban J connectivity index is 1.67. The SMILES string of the molecule is COCCN1C2CCC1CC(N(C)c1cc(Cl)ccn1)C2. The van der Waals surface area contributed by atoms with Gasteiger partial charge in [0.05, 0.1) is 6.61 Å². The Morgan fingerprint density at radius 1 is 1.38 bits per heavy atom. The second-order valence-corrected chi connectivity index (χ2v) is 6.62. The number of hydrogen-bond donors (Lipinski definition) is 0. The smallest absolute Gasteiger partial charge is 0.129 e. The van der Waals surface area contributed by atoms with Crippen LogP contribution in [0.3, 0.4) is 0 Å². The summed E-state index contributed by atoms with van der Waals surface area (Å²) in [7, 11) is 3.93. The highest BCUT2D eigenvalue weighted by Crippen LogP contribution is 2.38. The summed E-state index contributed by atoms with van der Waals surface area (Å²) in [6.07, 6.45) is 6.86. The van der Waals surface area contributed by atoms with Gasteiger partial charge in [-0.2, -0.15) is 0 Å². The molecule has 3 heterocycles. The number of nitrogens with zero attached hydrogens (tertiary/aromatic N) is 3. The lowest BCUT2D eigenvalue weighted by atomic mass is 9.96. The maximum absolute atomic E-state index is 6.09. The van der Waals surface area contributed by atoms with Crippen molar-refractivity contribution in [1.29, 1.82) is 0 Å². The molecule has 2 unspecified atom stereocenters. The molecule has 0 aromatic carbocycles. The maximum Gasteiger partial charge on any atom is 0.129 e. The van der Waals surface area contributed by atoms with Gasteiger partial charge in [-0.1, -0.05) is 11.6 Å². The van der Waals surface area contributed by atoms with Crippen molar-refractivity contribution in [2.45, 2.75) is 43.8 Å². The molecule has 0 amide bonds. The molecule has 116 valence electrons. The Morgan fingerprint density at radius 3 is 2.71 bits per heavy atom. The van der Waals surface area contributed by atoms with Gasteiger partial charge in [0.1, 0.15) is 5.82 Å². The Bertz CT molecular complexity index is 470. The largest absolute Gasteiger partial charge is 0.383 e. The molecule has 0 saturated carbocycles. The summed E-state index contributed by atoms with van der Waals surface area (Å²) in [5, 5.41) is 0.757. The number of halogens is 1. The molecule has 4 nitrogen and oxygen atoms in total. The minimum atomic E-state index is 0.562. The van der Waals surface area contributed by atoms with E-state index in [1.165, 1.54) is 25.7 Å². The van der Waals surface area contributed by atoms with Gasteiger partial charge in [0.2, 0.25) is 0 Å². The standard InChI is InChI=1S/C16H24ClN3O/c1-19(16-9-12(17)5-6-18-16)15-10-13-3-4-14(11-15)20(13)7-8-21-2/h5-6,9,13-15H,3-4,7-8,10-11H2,1-2H3. The van der Waals surface area contributed by atoms with Gasteiger partial charge in [-0.05, 0) is 37.8 Å². The van der Waals surface area contributed by atoms with Gasteiger partial charge < -0.3 is 9.64 Å². The number of hydrogen-bond acceptors (Lipinski definition) is 4. The Hall–Kier alpha value is -0.840. The monoisotopic (exact) mass is 309 g/mol. The molecule has 0 radical (unpaired) electrons. The molecule has 1 aromatic heterocycles. The molecular formula is C16H24ClN3O. The average Bonchev–Trinajstić information content (AvgIpc) is 2.72. The number of fused-ring (bicyclic) bond motifs is 2. The highest BCUT2D eigenvalue weighted by atomic mass is 35.5. The zero-order valence-corrected chi connectivity index (χ0v) is 13.6. The van der Waals surface area contributed by atoms with Crippen LogP contribution in [0.4, 0.5) is 5.82 Å². The van der Waals surface area contributed by atoms with Crippen LogP contribution in [0.2, 0.25) is 5.02 Å². The number of piperidine rings is 1. The molecule has 0 N–H and O–H groups in total. The highest BCUT2D eigenvalue weighted by Gasteiger charge is 2.41. The average molecular weight is 310 g/mol. The van der Waals surface area contributed by atoms with E-state index in [-0.39, 0.29) is 0 Å². The third kappa shape index (κ3) is 3.17. The lowest BCUT2D eigenvalue weighted by Crippen LogP contribution is -2.50. The zero-order valence-electron chi connectivity index (χ0n) is 12.8. The molecule has 0 aliphatic carbocycles. The van der Waals surface area contributed by atoms with E-state index in [2.05, 4.69) is 21.8 Å². The van der Waals surface area contributed by atoms with Gasteiger partial charge >= 0.3 is 0 Å². The second kappa shape index (κ2) is 6.51. The van der Waals surface area contributed by atoms with E-state index < -0.39 is 0 Å². The first-order chi connectivity index (χ1) is 10.2. The number of anilines is 1. The van der Waals surface area contributed by atoms with Crippen LogP contribution in [-0.4, -0.2) is 55.3 Å². The molecule has 2 aliphatic rings. The van der Waals surface area contributed by atoms with Gasteiger partial charge in [-0.3, -0.25) is 4.90 Å². The Morgan fingerprint density at radius 2 is 2.10 bits per heavy atom. The molecule has 5 heteroatoms. The predicted octanol–water partition coefficient (Wildman–Crippen LogP) is 2.81. The van der Waals surface area contributed by atoms with Crippen molar-refractivity contribution in [3.05, 3.63) is 23.4 Å². The van der Waals surface area contributed by atoms with E-state index >= 15 is 0 Å². The fourth-order valence-electron chi connectivity index (χ4n) is 3.90. The van der Waals surface area contributed by atoms with Gasteiger partial charge in [0.25, 0.3) is 0 Å². The molecule has 2 bridgehead atoms. The van der Waals surface area contributed by atoms with E-state index in [1.54, 1.807) is 13.3 Å². The van der Waals surface area contributed by atoms with Crippen LogP contribution in [0.5, 0.6) is 0 Å². The number of aromatic nitrogens is 1. The normalized spacial score (nSPS) is 28.8. The maximum atomic E-state index is 6.09. The summed E-state index contributed by atoms with van der Waals surface area (Å²) in [6, 6.07) is 5.75. The van der Waals surface area contributed by atoms with Gasteiger partial charge in [-0.25, -0.2) is 4.98 Å². The summed E-state index contributed by atoms with van der Waals surface area (Å²) >= 11 is 6.09. The summed E-state index contributed by atoms with van der Waals surface area (Å²) < 4.78 is 5.25. The molecule has 21 heavy (non-hydrogen) atoms. The topological polar surface area (TPSA) is 28.6 Å². The first kappa shape index (κ1) is 15.1. The van der Waals surface area contributed by atoms with Crippen LogP contribution < -0.4 is 4.90 Å². The van der Waals surface area contributed by atoms with E-state index in [9.17, 15) is 0 Å². The van der Waals surface area contributed by atoms with E-state index in [1.807, 2.05) is 12.1 Å². The molecule has 2 aliphatic heterocycles. The summed E-state index contributed by atoms with van der Waals surface area (Å²) in [5.41, 5.74) is 0. The highest BCUT2D eigenvalue weighted by molar-refractivity contribution is 6.30. The lowest BCUT2D eigenvalue weighted by Gasteiger charge is -2.42. The van der Waals surface area contributed by atoms with Crippen LogP contribution in [0.1, 0.15) is 25.7 Å². The fraction of sp³-hybridized carbons (Fsp3) is 0.688. The van der Waals surface area contributed by atoms with E-state index in [4.69, 9.17) is 16.3 Å². The van der Waals surface area contributed by atoms with Gasteiger partial charge in [-0.15, -0.1) is 0 Å². The molecule has 3 rings (SSSR count). The summed E-state index contributed by atoms with van der Waals surface area (Å²) in [4.78, 5) is 9.42. The van der Waals surface area contributed by atoms with Crippen LogP contribution in [0, 0.1) is 0 Å². The van der Waals surface area contributed by atoms with Crippen LogP contribution >= 0.6 is 11.6 Å². The number of pyridine rings is 1. The number of rotatable bonds is 5. The predicted molar refractivity (Wildman–Crippen MR) is 86.1 cm³/mol. The number of methoxy groups -OCH3 is 1. The van der Waals surface area contributed by atoms with E-state index in [0.29, 0.717) is 18.1 Å². The summed E-state index contributed by atoms with van der Waals surface area (Å²) in [6.45, 7) is 1.90. The van der Waals surface area contributed by atoms with Crippen molar-refractivity contribution >= 4 is 17.4 Å². The molecule has 0 spiro atoms. The second-order valence-electron chi connectivity index (χ2n) is 6.18. The third-order valence-electron chi connectivity index (χ3n) is 5.03. The fourth-order valence-corrected chi connectivity index (χ4v) is 4.05. The van der Waals surface area contributed by atoms with Gasteiger partial charge in [0.15, 0.2) is 0 Å². The molecule has 1 aromatic rings. The van der Waals surface area contributed by atoms with Crippen molar-refractivity contribution in [2.24, 2.45) is 0 Å².